The number of carboxylic acids is 1. The van der Waals surface area contributed by atoms with Gasteiger partial charge in [-0.2, -0.15) is 0 Å². The van der Waals surface area contributed by atoms with Crippen LogP contribution in [-0.4, -0.2) is 37.5 Å². The number of phenolic OH excluding ortho intramolecular Hbond substituents is 1. The average molecular weight is 328 g/mol. The van der Waals surface area contributed by atoms with E-state index in [1.807, 2.05) is 0 Å². The van der Waals surface area contributed by atoms with Crippen LogP contribution in [0.4, 0.5) is 0 Å². The summed E-state index contributed by atoms with van der Waals surface area (Å²) in [5.41, 5.74) is 0.114. The molecule has 124 valence electrons. The Morgan fingerprint density at radius 1 is 0.917 bits per heavy atom. The molecule has 0 fully saturated rings. The normalized spacial score (nSPS) is 10.8. The maximum atomic E-state index is 11.7. The number of hydrogen-bond acceptors (Lipinski definition) is 5. The molecule has 0 unspecified atom stereocenters. The Balaban J connectivity index is 2.60. The minimum Gasteiger partial charge on any atom is -0.504 e. The van der Waals surface area contributed by atoms with E-state index in [0.29, 0.717) is 33.0 Å². The molecule has 6 nitrogen and oxygen atoms in total. The number of carboxylic acid groups (broad SMARTS) is 1. The van der Waals surface area contributed by atoms with Crippen molar-refractivity contribution in [2.75, 3.05) is 21.3 Å². The zero-order valence-electron chi connectivity index (χ0n) is 13.4. The Hall–Kier alpha value is -3.15. The minimum atomic E-state index is -1.07. The third-order valence-corrected chi connectivity index (χ3v) is 3.99. The van der Waals surface area contributed by atoms with E-state index in [1.165, 1.54) is 33.5 Å². The molecule has 0 radical (unpaired) electrons. The van der Waals surface area contributed by atoms with Gasteiger partial charge in [0.1, 0.15) is 0 Å². The fourth-order valence-corrected chi connectivity index (χ4v) is 2.91. The number of rotatable bonds is 4. The average Bonchev–Trinajstić information content (AvgIpc) is 2.58. The Morgan fingerprint density at radius 2 is 1.62 bits per heavy atom. The lowest BCUT2D eigenvalue weighted by molar-refractivity contribution is 0.0699. The monoisotopic (exact) mass is 328 g/mol. The summed E-state index contributed by atoms with van der Waals surface area (Å²) in [6.07, 6.45) is 0. The molecule has 3 aromatic carbocycles. The highest BCUT2D eigenvalue weighted by atomic mass is 16.5. The molecule has 0 saturated heterocycles. The van der Waals surface area contributed by atoms with Crippen molar-refractivity contribution in [2.45, 2.75) is 0 Å². The second-order valence-corrected chi connectivity index (χ2v) is 5.20. The number of carbonyl (C=O) groups is 1. The zero-order valence-corrected chi connectivity index (χ0v) is 13.4. The summed E-state index contributed by atoms with van der Waals surface area (Å²) in [6.45, 7) is 0. The van der Waals surface area contributed by atoms with Crippen LogP contribution in [0.1, 0.15) is 10.4 Å². The third-order valence-electron chi connectivity index (χ3n) is 3.99. The van der Waals surface area contributed by atoms with Crippen LogP contribution in [0.5, 0.6) is 23.0 Å². The van der Waals surface area contributed by atoms with Gasteiger partial charge in [0.05, 0.1) is 26.9 Å². The van der Waals surface area contributed by atoms with Gasteiger partial charge < -0.3 is 24.4 Å². The van der Waals surface area contributed by atoms with E-state index in [9.17, 15) is 15.0 Å². The van der Waals surface area contributed by atoms with Crippen molar-refractivity contribution >= 4 is 27.5 Å². The maximum Gasteiger partial charge on any atom is 0.336 e. The summed E-state index contributed by atoms with van der Waals surface area (Å²) in [5, 5.41) is 21.9. The molecule has 0 heterocycles. The van der Waals surface area contributed by atoms with Gasteiger partial charge in [0.25, 0.3) is 0 Å². The summed E-state index contributed by atoms with van der Waals surface area (Å²) >= 11 is 0. The first-order valence-corrected chi connectivity index (χ1v) is 7.13. The van der Waals surface area contributed by atoms with Crippen LogP contribution in [-0.2, 0) is 0 Å². The first-order valence-electron chi connectivity index (χ1n) is 7.13. The van der Waals surface area contributed by atoms with Gasteiger partial charge in [-0.05, 0) is 41.1 Å². The van der Waals surface area contributed by atoms with Crippen LogP contribution < -0.4 is 14.2 Å². The van der Waals surface area contributed by atoms with Gasteiger partial charge in [-0.3, -0.25) is 0 Å². The summed E-state index contributed by atoms with van der Waals surface area (Å²) < 4.78 is 16.0. The number of methoxy groups -OCH3 is 3. The first-order chi connectivity index (χ1) is 11.5. The first kappa shape index (κ1) is 15.7. The number of benzene rings is 3. The van der Waals surface area contributed by atoms with E-state index >= 15 is 0 Å². The zero-order chi connectivity index (χ0) is 17.4. The number of hydrogen-bond donors (Lipinski definition) is 2. The number of ether oxygens (including phenoxy) is 3. The Morgan fingerprint density at radius 3 is 2.21 bits per heavy atom. The highest BCUT2D eigenvalue weighted by Crippen LogP contribution is 2.43. The smallest absolute Gasteiger partial charge is 0.336 e. The molecular formula is C18H16O6. The van der Waals surface area contributed by atoms with Crippen LogP contribution >= 0.6 is 0 Å². The molecule has 0 aliphatic carbocycles. The van der Waals surface area contributed by atoms with Gasteiger partial charge in [-0.15, -0.1) is 0 Å². The lowest BCUT2D eigenvalue weighted by atomic mass is 9.95. The summed E-state index contributed by atoms with van der Waals surface area (Å²) in [7, 11) is 4.46. The SMILES string of the molecule is COc1cc2c(cc1O)cc(C(=O)O)c1ccc(OC)c(OC)c12. The van der Waals surface area contributed by atoms with Crippen LogP contribution in [0.15, 0.2) is 30.3 Å². The van der Waals surface area contributed by atoms with Crippen molar-refractivity contribution in [1.29, 1.82) is 0 Å². The Kier molecular flexibility index (Phi) is 3.81. The number of aromatic hydroxyl groups is 1. The molecule has 0 bridgehead atoms. The van der Waals surface area contributed by atoms with Crippen LogP contribution in [0, 0.1) is 0 Å². The molecule has 6 heteroatoms. The van der Waals surface area contributed by atoms with E-state index in [1.54, 1.807) is 18.2 Å². The van der Waals surface area contributed by atoms with E-state index < -0.39 is 5.97 Å². The molecule has 0 aliphatic heterocycles. The largest absolute Gasteiger partial charge is 0.504 e. The van der Waals surface area contributed by atoms with Gasteiger partial charge in [-0.25, -0.2) is 4.79 Å². The van der Waals surface area contributed by atoms with Crippen molar-refractivity contribution < 1.29 is 29.2 Å². The quantitative estimate of drug-likeness (QED) is 0.714. The van der Waals surface area contributed by atoms with Crippen molar-refractivity contribution in [3.63, 3.8) is 0 Å². The Bertz CT molecular complexity index is 961. The second-order valence-electron chi connectivity index (χ2n) is 5.20. The molecule has 0 saturated carbocycles. The fourth-order valence-electron chi connectivity index (χ4n) is 2.91. The maximum absolute atomic E-state index is 11.7. The van der Waals surface area contributed by atoms with E-state index in [0.717, 1.165) is 0 Å². The summed E-state index contributed by atoms with van der Waals surface area (Å²) in [6, 6.07) is 7.99. The molecule has 3 aromatic rings. The molecule has 0 amide bonds. The van der Waals surface area contributed by atoms with E-state index in [2.05, 4.69) is 0 Å². The predicted molar refractivity (Wildman–Crippen MR) is 89.7 cm³/mol. The standard InChI is InChI=1S/C18H16O6/c1-22-14-5-4-10-12(18(20)21)6-9-7-13(19)15(23-2)8-11(9)16(10)17(14)24-3/h4-8,19H,1-3H3,(H,20,21). The summed E-state index contributed by atoms with van der Waals surface area (Å²) in [4.78, 5) is 11.7. The van der Waals surface area contributed by atoms with Gasteiger partial charge in [-0.1, -0.05) is 0 Å². The van der Waals surface area contributed by atoms with Crippen LogP contribution in [0.25, 0.3) is 21.5 Å². The Labute approximate surface area is 137 Å². The molecule has 3 rings (SSSR count). The topological polar surface area (TPSA) is 85.2 Å². The lowest BCUT2D eigenvalue weighted by Crippen LogP contribution is -2.00. The number of phenols is 1. The molecule has 0 aromatic heterocycles. The highest BCUT2D eigenvalue weighted by Gasteiger charge is 2.19. The second kappa shape index (κ2) is 5.81. The van der Waals surface area contributed by atoms with E-state index in [4.69, 9.17) is 14.2 Å². The van der Waals surface area contributed by atoms with Crippen molar-refractivity contribution in [3.05, 3.63) is 35.9 Å². The predicted octanol–water partition coefficient (Wildman–Crippen LogP) is 3.42. The van der Waals surface area contributed by atoms with Crippen LogP contribution in [0.3, 0.4) is 0 Å². The highest BCUT2D eigenvalue weighted by molar-refractivity contribution is 6.19. The molecule has 0 atom stereocenters. The van der Waals surface area contributed by atoms with Gasteiger partial charge in [0.15, 0.2) is 23.0 Å². The number of fused-ring (bicyclic) bond motifs is 3. The van der Waals surface area contributed by atoms with E-state index in [-0.39, 0.29) is 17.1 Å². The summed E-state index contributed by atoms with van der Waals surface area (Å²) in [5.74, 6) is 0.0699. The van der Waals surface area contributed by atoms with Gasteiger partial charge in [0, 0.05) is 10.8 Å². The third kappa shape index (κ3) is 2.23. The molecule has 24 heavy (non-hydrogen) atoms. The van der Waals surface area contributed by atoms with Crippen molar-refractivity contribution in [1.82, 2.24) is 0 Å². The van der Waals surface area contributed by atoms with Gasteiger partial charge >= 0.3 is 5.97 Å². The molecule has 0 spiro atoms. The lowest BCUT2D eigenvalue weighted by Gasteiger charge is -2.15. The molecular weight excluding hydrogens is 312 g/mol. The fraction of sp³-hybridized carbons (Fsp3) is 0.167. The number of aromatic carboxylic acids is 1. The molecule has 0 aliphatic rings. The van der Waals surface area contributed by atoms with Crippen molar-refractivity contribution in [3.8, 4) is 23.0 Å². The van der Waals surface area contributed by atoms with Crippen LogP contribution in [0.2, 0.25) is 0 Å². The van der Waals surface area contributed by atoms with Gasteiger partial charge in [0.2, 0.25) is 0 Å². The van der Waals surface area contributed by atoms with Crippen molar-refractivity contribution in [2.24, 2.45) is 0 Å². The minimum absolute atomic E-state index is 0.0671. The molecule has 2 N–H and O–H groups in total.